The Morgan fingerprint density at radius 1 is 1.03 bits per heavy atom. The van der Waals surface area contributed by atoms with Gasteiger partial charge in [0, 0.05) is 11.3 Å². The Kier molecular flexibility index (Phi) is 5.92. The minimum atomic E-state index is -0.492. The van der Waals surface area contributed by atoms with Gasteiger partial charge in [-0.2, -0.15) is 5.10 Å². The number of H-pyrrole nitrogens is 1. The van der Waals surface area contributed by atoms with Crippen LogP contribution in [0, 0.1) is 0 Å². The summed E-state index contributed by atoms with van der Waals surface area (Å²) in [5.74, 6) is -1.12. The highest BCUT2D eigenvalue weighted by atomic mass is 32.1. The van der Waals surface area contributed by atoms with Crippen LogP contribution in [-0.2, 0) is 9.47 Å². The summed E-state index contributed by atoms with van der Waals surface area (Å²) in [5.41, 5.74) is 4.10. The number of ether oxygens (including phenoxy) is 2. The molecule has 2 aromatic carbocycles. The van der Waals surface area contributed by atoms with Crippen molar-refractivity contribution in [3.8, 4) is 10.6 Å². The van der Waals surface area contributed by atoms with Gasteiger partial charge in [-0.25, -0.2) is 9.59 Å². The molecule has 176 valence electrons. The maximum Gasteiger partial charge on any atom is 0.338 e. The topological polar surface area (TPSA) is 102 Å². The van der Waals surface area contributed by atoms with E-state index in [-0.39, 0.29) is 12.5 Å². The average molecular weight is 488 g/mol. The number of carbonyl (C=O) groups excluding carboxylic acids is 3. The summed E-state index contributed by atoms with van der Waals surface area (Å²) >= 11 is 1.55. The minimum absolute atomic E-state index is 0.259. The van der Waals surface area contributed by atoms with Crippen molar-refractivity contribution in [3.05, 3.63) is 94.0 Å². The molecular weight excluding hydrogens is 466 g/mol. The van der Waals surface area contributed by atoms with Crippen LogP contribution in [0.5, 0.6) is 0 Å². The zero-order valence-electron chi connectivity index (χ0n) is 19.0. The third-order valence-electron chi connectivity index (χ3n) is 5.83. The summed E-state index contributed by atoms with van der Waals surface area (Å²) in [6.45, 7) is 2.03. The third-order valence-corrected chi connectivity index (χ3v) is 6.72. The Balaban J connectivity index is 1.61. The van der Waals surface area contributed by atoms with Gasteiger partial charge in [0.2, 0.25) is 0 Å². The van der Waals surface area contributed by atoms with Crippen LogP contribution in [0.1, 0.15) is 55.3 Å². The van der Waals surface area contributed by atoms with Crippen molar-refractivity contribution in [3.63, 3.8) is 0 Å². The van der Waals surface area contributed by atoms with Crippen molar-refractivity contribution >= 4 is 34.9 Å². The number of anilines is 1. The Morgan fingerprint density at radius 2 is 1.71 bits per heavy atom. The normalized spacial score (nSPS) is 14.6. The Bertz CT molecular complexity index is 1390. The molecule has 3 heterocycles. The molecule has 1 aliphatic rings. The lowest BCUT2D eigenvalue weighted by Gasteiger charge is -2.26. The molecule has 5 rings (SSSR count). The maximum atomic E-state index is 13.6. The van der Waals surface area contributed by atoms with E-state index in [4.69, 9.17) is 9.47 Å². The highest BCUT2D eigenvalue weighted by Crippen LogP contribution is 2.45. The number of benzene rings is 2. The number of esters is 2. The van der Waals surface area contributed by atoms with Crippen LogP contribution < -0.4 is 4.90 Å². The molecule has 35 heavy (non-hydrogen) atoms. The molecule has 9 heteroatoms. The fourth-order valence-electron chi connectivity index (χ4n) is 4.22. The van der Waals surface area contributed by atoms with Gasteiger partial charge in [-0.3, -0.25) is 14.8 Å². The number of aromatic nitrogens is 2. The molecule has 0 saturated heterocycles. The number of carbonyl (C=O) groups is 3. The van der Waals surface area contributed by atoms with Crippen molar-refractivity contribution in [2.75, 3.05) is 18.6 Å². The van der Waals surface area contributed by atoms with E-state index < -0.39 is 18.0 Å². The van der Waals surface area contributed by atoms with Crippen LogP contribution >= 0.6 is 11.3 Å². The number of hydrogen-bond acceptors (Lipinski definition) is 7. The molecule has 0 aliphatic carbocycles. The largest absolute Gasteiger partial charge is 0.465 e. The number of nitrogens with one attached hydrogen (secondary N) is 1. The highest BCUT2D eigenvalue weighted by Gasteiger charge is 2.43. The molecule has 1 aliphatic heterocycles. The number of aromatic amines is 1. The van der Waals surface area contributed by atoms with Gasteiger partial charge in [0.15, 0.2) is 5.69 Å². The third kappa shape index (κ3) is 3.89. The molecule has 2 aromatic heterocycles. The molecule has 0 radical (unpaired) electrons. The van der Waals surface area contributed by atoms with Gasteiger partial charge in [-0.15, -0.1) is 11.3 Å². The number of hydrogen-bond donors (Lipinski definition) is 1. The van der Waals surface area contributed by atoms with Crippen LogP contribution in [0.4, 0.5) is 5.69 Å². The SMILES string of the molecule is CCOC(=O)c1ccc(N2C(=O)c3n[nH]c(-c4cccs4)c3C2c2ccc(C(=O)OC)cc2)cc1. The van der Waals surface area contributed by atoms with Crippen molar-refractivity contribution in [1.29, 1.82) is 0 Å². The van der Waals surface area contributed by atoms with Crippen LogP contribution in [0.2, 0.25) is 0 Å². The van der Waals surface area contributed by atoms with Crippen LogP contribution in [-0.4, -0.2) is 41.8 Å². The van der Waals surface area contributed by atoms with E-state index in [1.165, 1.54) is 7.11 Å². The fourth-order valence-corrected chi connectivity index (χ4v) is 4.96. The minimum Gasteiger partial charge on any atom is -0.465 e. The Labute approximate surface area is 205 Å². The number of nitrogens with zero attached hydrogens (tertiary/aromatic N) is 2. The smallest absolute Gasteiger partial charge is 0.338 e. The van der Waals surface area contributed by atoms with Gasteiger partial charge < -0.3 is 9.47 Å². The molecular formula is C26H21N3O5S. The zero-order valence-corrected chi connectivity index (χ0v) is 19.8. The lowest BCUT2D eigenvalue weighted by atomic mass is 9.97. The van der Waals surface area contributed by atoms with Gasteiger partial charge in [-0.1, -0.05) is 18.2 Å². The summed E-state index contributed by atoms with van der Waals surface area (Å²) in [5, 5.41) is 9.36. The second-order valence-corrected chi connectivity index (χ2v) is 8.74. The first-order valence-corrected chi connectivity index (χ1v) is 11.8. The quantitative estimate of drug-likeness (QED) is 0.390. The number of rotatable bonds is 6. The van der Waals surface area contributed by atoms with Crippen LogP contribution in [0.15, 0.2) is 66.0 Å². The molecule has 8 nitrogen and oxygen atoms in total. The van der Waals surface area contributed by atoms with Crippen molar-refractivity contribution in [2.45, 2.75) is 13.0 Å². The molecule has 1 unspecified atom stereocenters. The summed E-state index contributed by atoms with van der Waals surface area (Å²) in [6, 6.07) is 17.1. The van der Waals surface area contributed by atoms with Gasteiger partial charge in [0.05, 0.1) is 41.5 Å². The maximum absolute atomic E-state index is 13.6. The van der Waals surface area contributed by atoms with Crippen LogP contribution in [0.25, 0.3) is 10.6 Å². The number of amides is 1. The lowest BCUT2D eigenvalue weighted by molar-refractivity contribution is 0.0525. The first-order valence-electron chi connectivity index (χ1n) is 10.9. The number of thiophene rings is 1. The van der Waals surface area contributed by atoms with E-state index in [0.29, 0.717) is 22.5 Å². The van der Waals surface area contributed by atoms with E-state index in [2.05, 4.69) is 10.2 Å². The Hall–Kier alpha value is -4.24. The van der Waals surface area contributed by atoms with Crippen LogP contribution in [0.3, 0.4) is 0 Å². The zero-order chi connectivity index (χ0) is 24.5. The molecule has 0 saturated carbocycles. The molecule has 0 bridgehead atoms. The predicted octanol–water partition coefficient (Wildman–Crippen LogP) is 4.85. The average Bonchev–Trinajstić information content (AvgIpc) is 3.62. The summed E-state index contributed by atoms with van der Waals surface area (Å²) in [4.78, 5) is 40.3. The van der Waals surface area contributed by atoms with E-state index >= 15 is 0 Å². The fraction of sp³-hybridized carbons (Fsp3) is 0.154. The van der Waals surface area contributed by atoms with Gasteiger partial charge in [-0.05, 0) is 60.3 Å². The standard InChI is InChI=1S/C26H21N3O5S/c1-3-34-26(32)17-10-12-18(13-11-17)29-23(15-6-8-16(9-7-15)25(31)33-2)20-21(19-5-4-14-35-19)27-28-22(20)24(29)30/h4-14,23H,3H2,1-2H3,(H,27,28). The van der Waals surface area contributed by atoms with E-state index in [1.54, 1.807) is 59.6 Å². The van der Waals surface area contributed by atoms with Gasteiger partial charge >= 0.3 is 11.9 Å². The summed E-state index contributed by atoms with van der Waals surface area (Å²) < 4.78 is 9.88. The number of methoxy groups -OCH3 is 1. The first kappa shape index (κ1) is 22.5. The molecule has 4 aromatic rings. The van der Waals surface area contributed by atoms with E-state index in [1.807, 2.05) is 29.6 Å². The molecule has 0 fully saturated rings. The van der Waals surface area contributed by atoms with E-state index in [9.17, 15) is 14.4 Å². The summed E-state index contributed by atoms with van der Waals surface area (Å²) in [7, 11) is 1.33. The number of fused-ring (bicyclic) bond motifs is 1. The molecule has 1 amide bonds. The molecule has 0 spiro atoms. The van der Waals surface area contributed by atoms with Gasteiger partial charge in [0.25, 0.3) is 5.91 Å². The van der Waals surface area contributed by atoms with Crippen molar-refractivity contribution in [2.24, 2.45) is 0 Å². The second kappa shape index (κ2) is 9.19. The highest BCUT2D eigenvalue weighted by molar-refractivity contribution is 7.13. The monoisotopic (exact) mass is 487 g/mol. The van der Waals surface area contributed by atoms with E-state index in [0.717, 1.165) is 21.7 Å². The predicted molar refractivity (Wildman–Crippen MR) is 131 cm³/mol. The molecule has 1 N–H and O–H groups in total. The first-order chi connectivity index (χ1) is 17.0. The van der Waals surface area contributed by atoms with Crippen molar-refractivity contribution < 1.29 is 23.9 Å². The lowest BCUT2D eigenvalue weighted by Crippen LogP contribution is -2.29. The van der Waals surface area contributed by atoms with Crippen molar-refractivity contribution in [1.82, 2.24) is 10.2 Å². The summed E-state index contributed by atoms with van der Waals surface area (Å²) in [6.07, 6.45) is 0. The van der Waals surface area contributed by atoms with Gasteiger partial charge in [0.1, 0.15) is 0 Å². The Morgan fingerprint density at radius 3 is 2.34 bits per heavy atom. The second-order valence-electron chi connectivity index (χ2n) is 7.80. The molecule has 1 atom stereocenters.